The van der Waals surface area contributed by atoms with Gasteiger partial charge in [0.05, 0.1) is 6.61 Å². The summed E-state index contributed by atoms with van der Waals surface area (Å²) in [5.41, 5.74) is 1.32. The van der Waals surface area contributed by atoms with Crippen LogP contribution in [0.15, 0.2) is 24.3 Å². The smallest absolute Gasteiger partial charge is 0.119 e. The van der Waals surface area contributed by atoms with Gasteiger partial charge in [0.25, 0.3) is 0 Å². The first-order valence-corrected chi connectivity index (χ1v) is 7.75. The van der Waals surface area contributed by atoms with Crippen LogP contribution >= 0.6 is 0 Å². The number of nitrogens with one attached hydrogen (secondary N) is 1. The molecule has 114 valence electrons. The molecule has 0 heterocycles. The highest BCUT2D eigenvalue weighted by molar-refractivity contribution is 5.30. The van der Waals surface area contributed by atoms with Crippen LogP contribution in [0.1, 0.15) is 45.1 Å². The SMILES string of the molecule is CCCCOCCNCCOc1cccc(C(C)C)c1. The lowest BCUT2D eigenvalue weighted by atomic mass is 10.0. The number of benzene rings is 1. The molecular weight excluding hydrogens is 250 g/mol. The average molecular weight is 279 g/mol. The summed E-state index contributed by atoms with van der Waals surface area (Å²) in [5.74, 6) is 1.49. The van der Waals surface area contributed by atoms with E-state index in [2.05, 4.69) is 44.3 Å². The number of unbranched alkanes of at least 4 members (excludes halogenated alkanes) is 1. The minimum absolute atomic E-state index is 0.539. The molecule has 0 aliphatic carbocycles. The summed E-state index contributed by atoms with van der Waals surface area (Å²) in [6.07, 6.45) is 2.34. The standard InChI is InChI=1S/C17H29NO2/c1-4-5-11-19-12-9-18-10-13-20-17-8-6-7-16(14-17)15(2)3/h6-8,14-15,18H,4-5,9-13H2,1-3H3. The molecule has 0 aliphatic rings. The van der Waals surface area contributed by atoms with Crippen LogP contribution in [-0.4, -0.2) is 32.9 Å². The second-order valence-corrected chi connectivity index (χ2v) is 5.29. The first kappa shape index (κ1) is 17.0. The number of ether oxygens (including phenoxy) is 2. The van der Waals surface area contributed by atoms with Crippen molar-refractivity contribution in [2.75, 3.05) is 32.9 Å². The number of rotatable bonds is 11. The van der Waals surface area contributed by atoms with Crippen molar-refractivity contribution < 1.29 is 9.47 Å². The molecule has 0 aliphatic heterocycles. The largest absolute Gasteiger partial charge is 0.492 e. The highest BCUT2D eigenvalue weighted by atomic mass is 16.5. The maximum atomic E-state index is 5.74. The third-order valence-electron chi connectivity index (χ3n) is 3.14. The van der Waals surface area contributed by atoms with Gasteiger partial charge >= 0.3 is 0 Å². The molecule has 0 spiro atoms. The van der Waals surface area contributed by atoms with E-state index < -0.39 is 0 Å². The van der Waals surface area contributed by atoms with Crippen molar-refractivity contribution in [2.24, 2.45) is 0 Å². The molecule has 0 bridgehead atoms. The van der Waals surface area contributed by atoms with Crippen molar-refractivity contribution in [1.82, 2.24) is 5.32 Å². The van der Waals surface area contributed by atoms with Gasteiger partial charge in [-0.15, -0.1) is 0 Å². The monoisotopic (exact) mass is 279 g/mol. The summed E-state index contributed by atoms with van der Waals surface area (Å²) in [7, 11) is 0. The molecule has 0 aromatic heterocycles. The molecule has 3 nitrogen and oxygen atoms in total. The lowest BCUT2D eigenvalue weighted by molar-refractivity contribution is 0.132. The maximum absolute atomic E-state index is 5.74. The van der Waals surface area contributed by atoms with Crippen LogP contribution in [-0.2, 0) is 4.74 Å². The molecule has 0 fully saturated rings. The summed E-state index contributed by atoms with van der Waals surface area (Å²) < 4.78 is 11.2. The van der Waals surface area contributed by atoms with Crippen LogP contribution in [0.3, 0.4) is 0 Å². The summed E-state index contributed by atoms with van der Waals surface area (Å²) in [6, 6.07) is 8.33. The van der Waals surface area contributed by atoms with Crippen molar-refractivity contribution in [3.05, 3.63) is 29.8 Å². The Balaban J connectivity index is 2.05. The van der Waals surface area contributed by atoms with Crippen molar-refractivity contribution in [3.63, 3.8) is 0 Å². The van der Waals surface area contributed by atoms with Gasteiger partial charge in [0, 0.05) is 19.7 Å². The van der Waals surface area contributed by atoms with E-state index in [1.165, 1.54) is 12.0 Å². The van der Waals surface area contributed by atoms with Gasteiger partial charge in [-0.3, -0.25) is 0 Å². The molecule has 1 aromatic carbocycles. The van der Waals surface area contributed by atoms with E-state index in [0.717, 1.165) is 38.5 Å². The Morgan fingerprint density at radius 1 is 1.10 bits per heavy atom. The minimum atomic E-state index is 0.539. The van der Waals surface area contributed by atoms with E-state index >= 15 is 0 Å². The molecule has 0 saturated carbocycles. The Hall–Kier alpha value is -1.06. The third-order valence-corrected chi connectivity index (χ3v) is 3.14. The fourth-order valence-electron chi connectivity index (χ4n) is 1.82. The van der Waals surface area contributed by atoms with Crippen LogP contribution in [0.2, 0.25) is 0 Å². The van der Waals surface area contributed by atoms with E-state index in [0.29, 0.717) is 12.5 Å². The summed E-state index contributed by atoms with van der Waals surface area (Å²) >= 11 is 0. The van der Waals surface area contributed by atoms with Gasteiger partial charge in [0.15, 0.2) is 0 Å². The zero-order valence-electron chi connectivity index (χ0n) is 13.2. The van der Waals surface area contributed by atoms with Crippen molar-refractivity contribution >= 4 is 0 Å². The number of hydrogen-bond acceptors (Lipinski definition) is 3. The molecule has 0 amide bonds. The lowest BCUT2D eigenvalue weighted by Gasteiger charge is -2.10. The van der Waals surface area contributed by atoms with E-state index in [1.807, 2.05) is 6.07 Å². The molecule has 1 N–H and O–H groups in total. The molecule has 0 unspecified atom stereocenters. The second kappa shape index (κ2) is 10.7. The Morgan fingerprint density at radius 2 is 1.90 bits per heavy atom. The van der Waals surface area contributed by atoms with E-state index in [4.69, 9.17) is 9.47 Å². The number of hydrogen-bond donors (Lipinski definition) is 1. The topological polar surface area (TPSA) is 30.5 Å². The molecule has 0 radical (unpaired) electrons. The van der Waals surface area contributed by atoms with E-state index in [9.17, 15) is 0 Å². The zero-order chi connectivity index (χ0) is 14.6. The molecule has 1 aromatic rings. The van der Waals surface area contributed by atoms with Crippen molar-refractivity contribution in [2.45, 2.75) is 39.5 Å². The van der Waals surface area contributed by atoms with Crippen LogP contribution in [0.4, 0.5) is 0 Å². The highest BCUT2D eigenvalue weighted by Crippen LogP contribution is 2.19. The molecule has 0 saturated heterocycles. The molecule has 1 rings (SSSR count). The molecule has 3 heteroatoms. The third kappa shape index (κ3) is 7.51. The van der Waals surface area contributed by atoms with E-state index in [-0.39, 0.29) is 0 Å². The predicted octanol–water partition coefficient (Wildman–Crippen LogP) is 3.60. The average Bonchev–Trinajstić information content (AvgIpc) is 2.46. The maximum Gasteiger partial charge on any atom is 0.119 e. The van der Waals surface area contributed by atoms with Gasteiger partial charge in [-0.1, -0.05) is 39.3 Å². The van der Waals surface area contributed by atoms with Gasteiger partial charge in [-0.25, -0.2) is 0 Å². The van der Waals surface area contributed by atoms with Crippen molar-refractivity contribution in [3.8, 4) is 5.75 Å². The van der Waals surface area contributed by atoms with Crippen LogP contribution in [0, 0.1) is 0 Å². The summed E-state index contributed by atoms with van der Waals surface area (Å²) in [6.45, 7) is 10.6. The summed E-state index contributed by atoms with van der Waals surface area (Å²) in [5, 5.41) is 3.32. The van der Waals surface area contributed by atoms with Gasteiger partial charge < -0.3 is 14.8 Å². The Morgan fingerprint density at radius 3 is 2.65 bits per heavy atom. The van der Waals surface area contributed by atoms with Crippen LogP contribution < -0.4 is 10.1 Å². The normalized spacial score (nSPS) is 11.0. The molecule has 0 atom stereocenters. The lowest BCUT2D eigenvalue weighted by Crippen LogP contribution is -2.25. The van der Waals surface area contributed by atoms with E-state index in [1.54, 1.807) is 0 Å². The van der Waals surface area contributed by atoms with Gasteiger partial charge in [-0.2, -0.15) is 0 Å². The molecule has 20 heavy (non-hydrogen) atoms. The quantitative estimate of drug-likeness (QED) is 0.628. The van der Waals surface area contributed by atoms with Gasteiger partial charge in [-0.05, 0) is 30.0 Å². The van der Waals surface area contributed by atoms with Gasteiger partial charge in [0.1, 0.15) is 12.4 Å². The Labute approximate surface area is 123 Å². The zero-order valence-corrected chi connectivity index (χ0v) is 13.2. The minimum Gasteiger partial charge on any atom is -0.492 e. The van der Waals surface area contributed by atoms with Crippen LogP contribution in [0.5, 0.6) is 5.75 Å². The van der Waals surface area contributed by atoms with Crippen LogP contribution in [0.25, 0.3) is 0 Å². The predicted molar refractivity (Wildman–Crippen MR) is 84.6 cm³/mol. The first-order valence-electron chi connectivity index (χ1n) is 7.75. The fraction of sp³-hybridized carbons (Fsp3) is 0.647. The second-order valence-electron chi connectivity index (χ2n) is 5.29. The molecular formula is C17H29NO2. The highest BCUT2D eigenvalue weighted by Gasteiger charge is 2.00. The Kier molecular flexibility index (Phi) is 9.09. The van der Waals surface area contributed by atoms with Gasteiger partial charge in [0.2, 0.25) is 0 Å². The first-order chi connectivity index (χ1) is 9.74. The summed E-state index contributed by atoms with van der Waals surface area (Å²) in [4.78, 5) is 0. The Bertz CT molecular complexity index is 353. The van der Waals surface area contributed by atoms with Crippen molar-refractivity contribution in [1.29, 1.82) is 0 Å². The fourth-order valence-corrected chi connectivity index (χ4v) is 1.82.